The number of piperazine rings is 1. The Kier molecular flexibility index (Phi) is 4.06. The third-order valence-corrected chi connectivity index (χ3v) is 3.94. The Hall–Kier alpha value is -2.07. The smallest absolute Gasteiger partial charge is 0.253 e. The van der Waals surface area contributed by atoms with Crippen LogP contribution in [-0.2, 0) is 6.54 Å². The molecule has 0 atom stereocenters. The number of furan rings is 1. The van der Waals surface area contributed by atoms with Gasteiger partial charge < -0.3 is 9.32 Å². The zero-order chi connectivity index (χ0) is 14.7. The Morgan fingerprint density at radius 2 is 1.81 bits per heavy atom. The lowest BCUT2D eigenvalue weighted by atomic mass is 10.1. The molecule has 110 valence electrons. The number of aryl methyl sites for hydroxylation is 1. The van der Waals surface area contributed by atoms with Crippen molar-refractivity contribution in [1.82, 2.24) is 9.80 Å². The summed E-state index contributed by atoms with van der Waals surface area (Å²) in [6.07, 6.45) is 3.48. The Balaban J connectivity index is 1.55. The summed E-state index contributed by atoms with van der Waals surface area (Å²) < 4.78 is 5.09. The highest BCUT2D eigenvalue weighted by molar-refractivity contribution is 5.94. The second kappa shape index (κ2) is 6.14. The van der Waals surface area contributed by atoms with Gasteiger partial charge in [-0.1, -0.05) is 17.7 Å². The predicted octanol–water partition coefficient (Wildman–Crippen LogP) is 2.55. The fourth-order valence-corrected chi connectivity index (χ4v) is 2.63. The highest BCUT2D eigenvalue weighted by Crippen LogP contribution is 2.12. The number of nitrogens with zero attached hydrogens (tertiary/aromatic N) is 2. The van der Waals surface area contributed by atoms with Gasteiger partial charge in [-0.05, 0) is 25.1 Å². The van der Waals surface area contributed by atoms with E-state index in [0.717, 1.165) is 38.3 Å². The minimum absolute atomic E-state index is 0.137. The quantitative estimate of drug-likeness (QED) is 0.869. The fourth-order valence-electron chi connectivity index (χ4n) is 2.63. The van der Waals surface area contributed by atoms with Crippen LogP contribution in [0.4, 0.5) is 0 Å². The second-order valence-electron chi connectivity index (χ2n) is 5.57. The van der Waals surface area contributed by atoms with E-state index in [4.69, 9.17) is 4.42 Å². The molecule has 1 aromatic heterocycles. The summed E-state index contributed by atoms with van der Waals surface area (Å²) in [5.41, 5.74) is 3.15. The van der Waals surface area contributed by atoms with Gasteiger partial charge in [0.05, 0.1) is 12.5 Å². The normalized spacial score (nSPS) is 16.1. The maximum Gasteiger partial charge on any atom is 0.253 e. The molecule has 3 rings (SSSR count). The fraction of sp³-hybridized carbons (Fsp3) is 0.353. The summed E-state index contributed by atoms with van der Waals surface area (Å²) in [6, 6.07) is 9.79. The SMILES string of the molecule is Cc1ccc(C(=O)N2CCN(Cc3ccoc3)CC2)cc1. The van der Waals surface area contributed by atoms with Crippen LogP contribution in [0.3, 0.4) is 0 Å². The highest BCUT2D eigenvalue weighted by atomic mass is 16.3. The lowest BCUT2D eigenvalue weighted by Gasteiger charge is -2.34. The van der Waals surface area contributed by atoms with E-state index in [0.29, 0.717) is 0 Å². The Morgan fingerprint density at radius 3 is 2.43 bits per heavy atom. The van der Waals surface area contributed by atoms with Crippen molar-refractivity contribution in [2.45, 2.75) is 13.5 Å². The summed E-state index contributed by atoms with van der Waals surface area (Å²) in [7, 11) is 0. The van der Waals surface area contributed by atoms with Crippen molar-refractivity contribution < 1.29 is 9.21 Å². The van der Waals surface area contributed by atoms with E-state index in [9.17, 15) is 4.79 Å². The summed E-state index contributed by atoms with van der Waals surface area (Å²) in [5, 5.41) is 0. The number of rotatable bonds is 3. The number of benzene rings is 1. The van der Waals surface area contributed by atoms with E-state index < -0.39 is 0 Å². The standard InChI is InChI=1S/C17H20N2O2/c1-14-2-4-16(5-3-14)17(20)19-9-7-18(8-10-19)12-15-6-11-21-13-15/h2-6,11,13H,7-10,12H2,1H3. The molecule has 0 bridgehead atoms. The molecule has 1 aliphatic rings. The van der Waals surface area contributed by atoms with Gasteiger partial charge in [0.1, 0.15) is 0 Å². The molecule has 2 aromatic rings. The van der Waals surface area contributed by atoms with Gasteiger partial charge in [-0.25, -0.2) is 0 Å². The first kappa shape index (κ1) is 13.9. The van der Waals surface area contributed by atoms with Gasteiger partial charge in [-0.15, -0.1) is 0 Å². The van der Waals surface area contributed by atoms with Gasteiger partial charge in [-0.2, -0.15) is 0 Å². The largest absolute Gasteiger partial charge is 0.472 e. The molecule has 0 radical (unpaired) electrons. The van der Waals surface area contributed by atoms with Crippen LogP contribution in [0.1, 0.15) is 21.5 Å². The van der Waals surface area contributed by atoms with E-state index in [1.54, 1.807) is 12.5 Å². The first-order valence-electron chi connectivity index (χ1n) is 7.32. The van der Waals surface area contributed by atoms with Crippen molar-refractivity contribution in [3.8, 4) is 0 Å². The van der Waals surface area contributed by atoms with Crippen molar-refractivity contribution in [2.24, 2.45) is 0 Å². The number of hydrogen-bond donors (Lipinski definition) is 0. The van der Waals surface area contributed by atoms with Crippen LogP contribution in [0.2, 0.25) is 0 Å². The molecule has 1 amide bonds. The third-order valence-electron chi connectivity index (χ3n) is 3.94. The summed E-state index contributed by atoms with van der Waals surface area (Å²) >= 11 is 0. The van der Waals surface area contributed by atoms with Crippen LogP contribution in [0.25, 0.3) is 0 Å². The van der Waals surface area contributed by atoms with Crippen molar-refractivity contribution in [3.63, 3.8) is 0 Å². The molecule has 4 heteroatoms. The molecule has 1 aromatic carbocycles. The summed E-state index contributed by atoms with van der Waals surface area (Å²) in [5.74, 6) is 0.137. The van der Waals surface area contributed by atoms with Gasteiger partial charge in [0.2, 0.25) is 0 Å². The van der Waals surface area contributed by atoms with Crippen molar-refractivity contribution in [3.05, 3.63) is 59.5 Å². The third kappa shape index (κ3) is 3.34. The molecular formula is C17H20N2O2. The summed E-state index contributed by atoms with van der Waals surface area (Å²) in [4.78, 5) is 16.7. The molecule has 1 saturated heterocycles. The molecule has 1 fully saturated rings. The molecule has 0 spiro atoms. The number of carbonyl (C=O) groups excluding carboxylic acids is 1. The Labute approximate surface area is 125 Å². The molecular weight excluding hydrogens is 264 g/mol. The minimum atomic E-state index is 0.137. The van der Waals surface area contributed by atoms with Gasteiger partial charge in [0.15, 0.2) is 0 Å². The van der Waals surface area contributed by atoms with E-state index >= 15 is 0 Å². The summed E-state index contributed by atoms with van der Waals surface area (Å²) in [6.45, 7) is 6.30. The molecule has 0 unspecified atom stereocenters. The van der Waals surface area contributed by atoms with Crippen LogP contribution in [0, 0.1) is 6.92 Å². The molecule has 2 heterocycles. The number of amides is 1. The van der Waals surface area contributed by atoms with Crippen LogP contribution in [-0.4, -0.2) is 41.9 Å². The first-order chi connectivity index (χ1) is 10.2. The number of carbonyl (C=O) groups is 1. The van der Waals surface area contributed by atoms with Gasteiger partial charge in [0.25, 0.3) is 5.91 Å². The molecule has 0 aliphatic carbocycles. The van der Waals surface area contributed by atoms with E-state index in [1.807, 2.05) is 42.2 Å². The lowest BCUT2D eigenvalue weighted by molar-refractivity contribution is 0.0628. The molecule has 4 nitrogen and oxygen atoms in total. The van der Waals surface area contributed by atoms with Gasteiger partial charge in [-0.3, -0.25) is 9.69 Å². The minimum Gasteiger partial charge on any atom is -0.472 e. The Morgan fingerprint density at radius 1 is 1.10 bits per heavy atom. The van der Waals surface area contributed by atoms with E-state index in [-0.39, 0.29) is 5.91 Å². The van der Waals surface area contributed by atoms with Crippen molar-refractivity contribution >= 4 is 5.91 Å². The zero-order valence-corrected chi connectivity index (χ0v) is 12.3. The molecule has 0 N–H and O–H groups in total. The monoisotopic (exact) mass is 284 g/mol. The predicted molar refractivity (Wildman–Crippen MR) is 81.1 cm³/mol. The maximum atomic E-state index is 12.4. The second-order valence-corrected chi connectivity index (χ2v) is 5.57. The van der Waals surface area contributed by atoms with Gasteiger partial charge in [0, 0.05) is 43.9 Å². The molecule has 21 heavy (non-hydrogen) atoms. The highest BCUT2D eigenvalue weighted by Gasteiger charge is 2.22. The zero-order valence-electron chi connectivity index (χ0n) is 12.3. The van der Waals surface area contributed by atoms with Gasteiger partial charge >= 0.3 is 0 Å². The van der Waals surface area contributed by atoms with Crippen LogP contribution >= 0.6 is 0 Å². The average molecular weight is 284 g/mol. The average Bonchev–Trinajstić information content (AvgIpc) is 3.01. The molecule has 1 aliphatic heterocycles. The first-order valence-corrected chi connectivity index (χ1v) is 7.32. The lowest BCUT2D eigenvalue weighted by Crippen LogP contribution is -2.48. The molecule has 0 saturated carbocycles. The van der Waals surface area contributed by atoms with E-state index in [2.05, 4.69) is 4.90 Å². The van der Waals surface area contributed by atoms with Crippen LogP contribution < -0.4 is 0 Å². The van der Waals surface area contributed by atoms with E-state index in [1.165, 1.54) is 11.1 Å². The van der Waals surface area contributed by atoms with Crippen LogP contribution in [0.15, 0.2) is 47.3 Å². The number of hydrogen-bond acceptors (Lipinski definition) is 3. The Bertz CT molecular complexity index is 582. The van der Waals surface area contributed by atoms with Crippen molar-refractivity contribution in [2.75, 3.05) is 26.2 Å². The van der Waals surface area contributed by atoms with Crippen molar-refractivity contribution in [1.29, 1.82) is 0 Å². The van der Waals surface area contributed by atoms with Crippen LogP contribution in [0.5, 0.6) is 0 Å². The maximum absolute atomic E-state index is 12.4. The topological polar surface area (TPSA) is 36.7 Å².